The predicted octanol–water partition coefficient (Wildman–Crippen LogP) is 4.10. The summed E-state index contributed by atoms with van der Waals surface area (Å²) in [5.41, 5.74) is 0. The predicted molar refractivity (Wildman–Crippen MR) is 48.5 cm³/mol. The summed E-state index contributed by atoms with van der Waals surface area (Å²) in [6, 6.07) is 0. The van der Waals surface area contributed by atoms with Gasteiger partial charge in [0.1, 0.15) is 0 Å². The van der Waals surface area contributed by atoms with Crippen molar-refractivity contribution in [1.29, 1.82) is 0 Å². The SMILES string of the molecule is CCC(C)CCC(C)C(C)(F)F. The maximum atomic E-state index is 12.7. The lowest BCUT2D eigenvalue weighted by Gasteiger charge is -2.20. The lowest BCUT2D eigenvalue weighted by Crippen LogP contribution is -2.21. The molecule has 0 bridgehead atoms. The molecule has 74 valence electrons. The first kappa shape index (κ1) is 11.9. The third-order valence-corrected chi connectivity index (χ3v) is 2.65. The van der Waals surface area contributed by atoms with Gasteiger partial charge in [-0.25, -0.2) is 8.78 Å². The molecule has 0 aromatic carbocycles. The van der Waals surface area contributed by atoms with Gasteiger partial charge in [-0.15, -0.1) is 0 Å². The van der Waals surface area contributed by atoms with Crippen molar-refractivity contribution in [2.75, 3.05) is 0 Å². The van der Waals surface area contributed by atoms with Crippen molar-refractivity contribution in [3.05, 3.63) is 0 Å². The molecule has 0 saturated heterocycles. The Labute approximate surface area is 74.4 Å². The Bertz CT molecular complexity index is 115. The summed E-state index contributed by atoms with van der Waals surface area (Å²) in [7, 11) is 0. The number of hydrogen-bond acceptors (Lipinski definition) is 0. The first-order chi connectivity index (χ1) is 5.38. The van der Waals surface area contributed by atoms with Crippen LogP contribution in [0.15, 0.2) is 0 Å². The smallest absolute Gasteiger partial charge is 0.207 e. The van der Waals surface area contributed by atoms with Gasteiger partial charge in [0.05, 0.1) is 0 Å². The van der Waals surface area contributed by atoms with E-state index in [1.165, 1.54) is 0 Å². The first-order valence-corrected chi connectivity index (χ1v) is 4.75. The van der Waals surface area contributed by atoms with Crippen LogP contribution in [0.25, 0.3) is 0 Å². The van der Waals surface area contributed by atoms with Crippen LogP contribution in [0.2, 0.25) is 0 Å². The van der Waals surface area contributed by atoms with Crippen LogP contribution in [-0.2, 0) is 0 Å². The molecule has 2 unspecified atom stereocenters. The average molecular weight is 178 g/mol. The molecule has 0 aromatic heterocycles. The number of hydrogen-bond donors (Lipinski definition) is 0. The highest BCUT2D eigenvalue weighted by atomic mass is 19.3. The minimum atomic E-state index is -2.51. The monoisotopic (exact) mass is 178 g/mol. The van der Waals surface area contributed by atoms with Crippen molar-refractivity contribution in [2.24, 2.45) is 11.8 Å². The van der Waals surface area contributed by atoms with E-state index in [0.29, 0.717) is 12.3 Å². The second kappa shape index (κ2) is 4.78. The van der Waals surface area contributed by atoms with Gasteiger partial charge in [-0.05, 0) is 19.3 Å². The number of rotatable bonds is 5. The largest absolute Gasteiger partial charge is 0.247 e. The third-order valence-electron chi connectivity index (χ3n) is 2.65. The summed E-state index contributed by atoms with van der Waals surface area (Å²) in [6.07, 6.45) is 2.64. The molecule has 0 N–H and O–H groups in total. The standard InChI is InChI=1S/C10H20F2/c1-5-8(2)6-7-9(3)10(4,11)12/h8-9H,5-7H2,1-4H3. The van der Waals surface area contributed by atoms with Crippen LogP contribution >= 0.6 is 0 Å². The molecule has 2 atom stereocenters. The second-order valence-electron chi connectivity index (χ2n) is 3.95. The van der Waals surface area contributed by atoms with Crippen molar-refractivity contribution in [1.82, 2.24) is 0 Å². The van der Waals surface area contributed by atoms with Gasteiger partial charge in [-0.1, -0.05) is 33.6 Å². The zero-order valence-corrected chi connectivity index (χ0v) is 8.53. The molecule has 0 aliphatic heterocycles. The molecule has 0 aliphatic carbocycles. The summed E-state index contributed by atoms with van der Waals surface area (Å²) in [5, 5.41) is 0. The van der Waals surface area contributed by atoms with Crippen molar-refractivity contribution in [2.45, 2.75) is 52.9 Å². The Kier molecular flexibility index (Phi) is 4.73. The maximum Gasteiger partial charge on any atom is 0.247 e. The van der Waals surface area contributed by atoms with Gasteiger partial charge < -0.3 is 0 Å². The Morgan fingerprint density at radius 2 is 1.67 bits per heavy atom. The summed E-state index contributed by atoms with van der Waals surface area (Å²) < 4.78 is 25.3. The lowest BCUT2D eigenvalue weighted by atomic mass is 9.93. The van der Waals surface area contributed by atoms with Gasteiger partial charge in [0, 0.05) is 5.92 Å². The van der Waals surface area contributed by atoms with E-state index in [1.807, 2.05) is 0 Å². The number of alkyl halides is 2. The van der Waals surface area contributed by atoms with E-state index in [-0.39, 0.29) is 0 Å². The van der Waals surface area contributed by atoms with E-state index in [9.17, 15) is 8.78 Å². The lowest BCUT2D eigenvalue weighted by molar-refractivity contribution is -0.0370. The van der Waals surface area contributed by atoms with Crippen molar-refractivity contribution < 1.29 is 8.78 Å². The van der Waals surface area contributed by atoms with Crippen molar-refractivity contribution in [3.8, 4) is 0 Å². The molecule has 12 heavy (non-hydrogen) atoms. The van der Waals surface area contributed by atoms with E-state index in [4.69, 9.17) is 0 Å². The molecule has 0 spiro atoms. The summed E-state index contributed by atoms with van der Waals surface area (Å²) in [5.74, 6) is -2.41. The summed E-state index contributed by atoms with van der Waals surface area (Å²) in [4.78, 5) is 0. The molecule has 0 radical (unpaired) electrons. The van der Waals surface area contributed by atoms with Crippen LogP contribution in [0.4, 0.5) is 8.78 Å². The van der Waals surface area contributed by atoms with E-state index in [2.05, 4.69) is 13.8 Å². The molecule has 0 heterocycles. The van der Waals surface area contributed by atoms with E-state index >= 15 is 0 Å². The molecular weight excluding hydrogens is 158 g/mol. The quantitative estimate of drug-likeness (QED) is 0.594. The fraction of sp³-hybridized carbons (Fsp3) is 1.00. The van der Waals surface area contributed by atoms with Crippen molar-refractivity contribution in [3.63, 3.8) is 0 Å². The Morgan fingerprint density at radius 3 is 2.00 bits per heavy atom. The van der Waals surface area contributed by atoms with Crippen molar-refractivity contribution >= 4 is 0 Å². The third kappa shape index (κ3) is 4.68. The van der Waals surface area contributed by atoms with Crippen LogP contribution in [0, 0.1) is 11.8 Å². The second-order valence-corrected chi connectivity index (χ2v) is 3.95. The topological polar surface area (TPSA) is 0 Å². The average Bonchev–Trinajstić information content (AvgIpc) is 1.97. The van der Waals surface area contributed by atoms with Crippen LogP contribution in [-0.4, -0.2) is 5.92 Å². The molecule has 0 nitrogen and oxygen atoms in total. The van der Waals surface area contributed by atoms with Crippen LogP contribution in [0.1, 0.15) is 47.0 Å². The van der Waals surface area contributed by atoms with E-state index in [0.717, 1.165) is 19.8 Å². The highest BCUT2D eigenvalue weighted by Gasteiger charge is 2.29. The normalized spacial score (nSPS) is 17.5. The molecule has 0 rings (SSSR count). The van der Waals surface area contributed by atoms with Gasteiger partial charge in [-0.2, -0.15) is 0 Å². The van der Waals surface area contributed by atoms with Gasteiger partial charge in [-0.3, -0.25) is 0 Å². The minimum Gasteiger partial charge on any atom is -0.207 e. The van der Waals surface area contributed by atoms with E-state index < -0.39 is 11.8 Å². The molecule has 0 saturated carbocycles. The fourth-order valence-corrected chi connectivity index (χ4v) is 0.992. The van der Waals surface area contributed by atoms with Gasteiger partial charge >= 0.3 is 0 Å². The maximum absolute atomic E-state index is 12.7. The molecule has 0 aromatic rings. The van der Waals surface area contributed by atoms with Crippen LogP contribution in [0.5, 0.6) is 0 Å². The molecule has 2 heteroatoms. The molecule has 0 fully saturated rings. The molecule has 0 aliphatic rings. The highest BCUT2D eigenvalue weighted by molar-refractivity contribution is 4.68. The Hall–Kier alpha value is -0.140. The summed E-state index contributed by atoms with van der Waals surface area (Å²) >= 11 is 0. The molecular formula is C10H20F2. The van der Waals surface area contributed by atoms with Gasteiger partial charge in [0.2, 0.25) is 5.92 Å². The zero-order valence-electron chi connectivity index (χ0n) is 8.53. The van der Waals surface area contributed by atoms with E-state index in [1.54, 1.807) is 6.92 Å². The minimum absolute atomic E-state index is 0.480. The first-order valence-electron chi connectivity index (χ1n) is 4.75. The highest BCUT2D eigenvalue weighted by Crippen LogP contribution is 2.28. The number of halogens is 2. The van der Waals surface area contributed by atoms with Gasteiger partial charge in [0.25, 0.3) is 0 Å². The summed E-state index contributed by atoms with van der Waals surface area (Å²) in [6.45, 7) is 6.84. The van der Waals surface area contributed by atoms with Crippen LogP contribution < -0.4 is 0 Å². The van der Waals surface area contributed by atoms with Crippen LogP contribution in [0.3, 0.4) is 0 Å². The fourth-order valence-electron chi connectivity index (χ4n) is 0.992. The van der Waals surface area contributed by atoms with Gasteiger partial charge in [0.15, 0.2) is 0 Å². The zero-order chi connectivity index (χ0) is 9.78. The Balaban J connectivity index is 3.64. The molecule has 0 amide bonds. The Morgan fingerprint density at radius 1 is 1.17 bits per heavy atom.